The van der Waals surface area contributed by atoms with E-state index in [1.165, 1.54) is 4.90 Å². The van der Waals surface area contributed by atoms with Crippen molar-refractivity contribution >= 4 is 22.5 Å². The van der Waals surface area contributed by atoms with E-state index in [0.717, 1.165) is 47.9 Å². The summed E-state index contributed by atoms with van der Waals surface area (Å²) in [7, 11) is 0. The summed E-state index contributed by atoms with van der Waals surface area (Å²) in [5.41, 5.74) is 2.83. The van der Waals surface area contributed by atoms with Crippen LogP contribution in [-0.2, 0) is 4.79 Å². The molecule has 9 nitrogen and oxygen atoms in total. The lowest BCUT2D eigenvalue weighted by molar-refractivity contribution is -0.130. The summed E-state index contributed by atoms with van der Waals surface area (Å²) < 4.78 is 1.73. The molecule has 1 aliphatic carbocycles. The van der Waals surface area contributed by atoms with Gasteiger partial charge in [0, 0.05) is 24.0 Å². The van der Waals surface area contributed by atoms with Gasteiger partial charge in [-0.2, -0.15) is 10.5 Å². The van der Waals surface area contributed by atoms with E-state index in [0.29, 0.717) is 18.4 Å². The standard InChI is InChI=1S/C19H20N8O/c20-7-5-16(28)26(10-8-21)11-13-1-3-14(4-2-13)17-18-15-6-9-22-19(15)23-12-27(18)25-24-17/h6,9,12-14,22H,1-5,10-11H2. The van der Waals surface area contributed by atoms with Crippen molar-refractivity contribution in [3.8, 4) is 12.1 Å². The SMILES string of the molecule is N#CCC(=O)N(CC#N)CC1CCC(c2nnn3cnc4[nH]ccc4c23)CC1. The normalized spacial score (nSPS) is 19.4. The first-order valence-electron chi connectivity index (χ1n) is 9.40. The van der Waals surface area contributed by atoms with Crippen LogP contribution in [0.15, 0.2) is 18.6 Å². The topological polar surface area (TPSA) is 127 Å². The summed E-state index contributed by atoms with van der Waals surface area (Å²) in [6, 6.07) is 5.90. The number of aromatic amines is 1. The molecule has 0 aliphatic heterocycles. The molecule has 3 aromatic rings. The van der Waals surface area contributed by atoms with Gasteiger partial charge in [-0.25, -0.2) is 9.50 Å². The summed E-state index contributed by atoms with van der Waals surface area (Å²) in [4.78, 5) is 21.0. The Morgan fingerprint density at radius 1 is 1.29 bits per heavy atom. The number of carbonyl (C=O) groups excluding carboxylic acids is 1. The molecule has 0 radical (unpaired) electrons. The Morgan fingerprint density at radius 3 is 2.86 bits per heavy atom. The zero-order chi connectivity index (χ0) is 19.5. The van der Waals surface area contributed by atoms with Crippen molar-refractivity contribution in [2.45, 2.75) is 38.0 Å². The van der Waals surface area contributed by atoms with Gasteiger partial charge in [-0.15, -0.1) is 5.10 Å². The van der Waals surface area contributed by atoms with Crippen LogP contribution in [0, 0.1) is 28.6 Å². The van der Waals surface area contributed by atoms with Crippen LogP contribution in [0.4, 0.5) is 0 Å². The molecule has 0 spiro atoms. The quantitative estimate of drug-likeness (QED) is 0.680. The molecule has 0 aromatic carbocycles. The number of fused-ring (bicyclic) bond motifs is 3. The van der Waals surface area contributed by atoms with E-state index in [9.17, 15) is 4.79 Å². The van der Waals surface area contributed by atoms with E-state index in [2.05, 4.69) is 20.3 Å². The average molecular weight is 376 g/mol. The summed E-state index contributed by atoms with van der Waals surface area (Å²) in [6.07, 6.45) is 7.19. The molecule has 3 aromatic heterocycles. The zero-order valence-electron chi connectivity index (χ0n) is 15.4. The van der Waals surface area contributed by atoms with Crippen LogP contribution in [-0.4, -0.2) is 48.7 Å². The maximum atomic E-state index is 12.0. The molecule has 1 aliphatic rings. The number of hydrogen-bond donors (Lipinski definition) is 1. The van der Waals surface area contributed by atoms with Gasteiger partial charge in [-0.1, -0.05) is 5.21 Å². The number of H-pyrrole nitrogens is 1. The molecule has 0 unspecified atom stereocenters. The van der Waals surface area contributed by atoms with Crippen molar-refractivity contribution in [2.24, 2.45) is 5.92 Å². The summed E-state index contributed by atoms with van der Waals surface area (Å²) in [5, 5.41) is 27.4. The van der Waals surface area contributed by atoms with Crippen molar-refractivity contribution in [1.82, 2.24) is 29.7 Å². The van der Waals surface area contributed by atoms with Crippen molar-refractivity contribution in [2.75, 3.05) is 13.1 Å². The van der Waals surface area contributed by atoms with E-state index in [1.807, 2.05) is 24.4 Å². The van der Waals surface area contributed by atoms with Gasteiger partial charge in [0.15, 0.2) is 0 Å². The second kappa shape index (κ2) is 7.65. The van der Waals surface area contributed by atoms with Crippen molar-refractivity contribution in [1.29, 1.82) is 10.5 Å². The third-order valence-corrected chi connectivity index (χ3v) is 5.55. The van der Waals surface area contributed by atoms with Crippen molar-refractivity contribution < 1.29 is 4.79 Å². The molecule has 9 heteroatoms. The number of rotatable bonds is 5. The largest absolute Gasteiger partial charge is 0.346 e. The number of nitrogens with zero attached hydrogens (tertiary/aromatic N) is 7. The monoisotopic (exact) mass is 376 g/mol. The van der Waals surface area contributed by atoms with Gasteiger partial charge < -0.3 is 9.88 Å². The predicted octanol–water partition coefficient (Wildman–Crippen LogP) is 2.15. The summed E-state index contributed by atoms with van der Waals surface area (Å²) >= 11 is 0. The maximum absolute atomic E-state index is 12.0. The maximum Gasteiger partial charge on any atom is 0.237 e. The third-order valence-electron chi connectivity index (χ3n) is 5.55. The third kappa shape index (κ3) is 3.27. The van der Waals surface area contributed by atoms with Crippen LogP contribution in [0.25, 0.3) is 16.6 Å². The Labute approximate surface area is 161 Å². The van der Waals surface area contributed by atoms with Gasteiger partial charge >= 0.3 is 0 Å². The molecule has 0 atom stereocenters. The smallest absolute Gasteiger partial charge is 0.237 e. The first kappa shape index (κ1) is 17.9. The van der Waals surface area contributed by atoms with E-state index < -0.39 is 0 Å². The van der Waals surface area contributed by atoms with Crippen LogP contribution >= 0.6 is 0 Å². The Bertz CT molecular complexity index is 1080. The van der Waals surface area contributed by atoms with Crippen LogP contribution in [0.1, 0.15) is 43.7 Å². The molecule has 142 valence electrons. The first-order chi connectivity index (χ1) is 13.7. The fourth-order valence-corrected chi connectivity index (χ4v) is 4.14. The van der Waals surface area contributed by atoms with E-state index in [-0.39, 0.29) is 18.9 Å². The number of nitrogens with one attached hydrogen (secondary N) is 1. The van der Waals surface area contributed by atoms with Gasteiger partial charge in [0.05, 0.1) is 17.8 Å². The first-order valence-corrected chi connectivity index (χ1v) is 9.40. The highest BCUT2D eigenvalue weighted by Gasteiger charge is 2.28. The lowest BCUT2D eigenvalue weighted by Gasteiger charge is -2.31. The highest BCUT2D eigenvalue weighted by molar-refractivity contribution is 5.92. The lowest BCUT2D eigenvalue weighted by atomic mass is 9.80. The molecule has 1 fully saturated rings. The molecule has 1 N–H and O–H groups in total. The summed E-state index contributed by atoms with van der Waals surface area (Å²) in [6.45, 7) is 0.573. The molecule has 0 bridgehead atoms. The molecule has 1 saturated carbocycles. The van der Waals surface area contributed by atoms with Gasteiger partial charge in [0.1, 0.15) is 30.5 Å². The number of nitriles is 2. The van der Waals surface area contributed by atoms with Crippen molar-refractivity contribution in [3.63, 3.8) is 0 Å². The van der Waals surface area contributed by atoms with Crippen LogP contribution in [0.5, 0.6) is 0 Å². The number of carbonyl (C=O) groups is 1. The van der Waals surface area contributed by atoms with E-state index >= 15 is 0 Å². The van der Waals surface area contributed by atoms with Gasteiger partial charge in [0.25, 0.3) is 0 Å². The minimum absolute atomic E-state index is 0.0362. The number of aromatic nitrogens is 5. The highest BCUT2D eigenvalue weighted by atomic mass is 16.2. The Balaban J connectivity index is 1.47. The minimum atomic E-state index is -0.266. The van der Waals surface area contributed by atoms with Gasteiger partial charge in [-0.3, -0.25) is 4.79 Å². The average Bonchev–Trinajstić information content (AvgIpc) is 3.34. The molecule has 3 heterocycles. The molecule has 28 heavy (non-hydrogen) atoms. The van der Waals surface area contributed by atoms with Gasteiger partial charge in [0.2, 0.25) is 5.91 Å². The minimum Gasteiger partial charge on any atom is -0.346 e. The van der Waals surface area contributed by atoms with Crippen LogP contribution < -0.4 is 0 Å². The summed E-state index contributed by atoms with van der Waals surface area (Å²) in [5.74, 6) is 0.384. The lowest BCUT2D eigenvalue weighted by Crippen LogP contribution is -2.36. The Kier molecular flexibility index (Phi) is 4.90. The molecule has 4 rings (SSSR count). The number of hydrogen-bond acceptors (Lipinski definition) is 6. The second-order valence-corrected chi connectivity index (χ2v) is 7.24. The Morgan fingerprint density at radius 2 is 2.11 bits per heavy atom. The molecule has 0 saturated heterocycles. The van der Waals surface area contributed by atoms with Crippen molar-refractivity contribution in [3.05, 3.63) is 24.3 Å². The fourth-order valence-electron chi connectivity index (χ4n) is 4.14. The predicted molar refractivity (Wildman–Crippen MR) is 99.8 cm³/mol. The Hall–Kier alpha value is -3.46. The fraction of sp³-hybridized carbons (Fsp3) is 0.474. The van der Waals surface area contributed by atoms with E-state index in [4.69, 9.17) is 10.5 Å². The zero-order valence-corrected chi connectivity index (χ0v) is 15.4. The number of amides is 1. The highest BCUT2D eigenvalue weighted by Crippen LogP contribution is 2.38. The second-order valence-electron chi connectivity index (χ2n) is 7.24. The van der Waals surface area contributed by atoms with Crippen LogP contribution in [0.2, 0.25) is 0 Å². The van der Waals surface area contributed by atoms with Crippen LogP contribution in [0.3, 0.4) is 0 Å². The molecule has 1 amide bonds. The van der Waals surface area contributed by atoms with E-state index in [1.54, 1.807) is 10.8 Å². The van der Waals surface area contributed by atoms with Gasteiger partial charge in [-0.05, 0) is 37.7 Å². The molecular formula is C19H20N8O. The molecular weight excluding hydrogens is 356 g/mol.